The van der Waals surface area contributed by atoms with Crippen LogP contribution >= 0.6 is 0 Å². The number of aliphatic carboxylic acids is 4. The summed E-state index contributed by atoms with van der Waals surface area (Å²) in [4.78, 5) is 53.8. The molecule has 2 aliphatic heterocycles. The Morgan fingerprint density at radius 2 is 0.625 bits per heavy atom. The molecule has 0 saturated carbocycles. The highest BCUT2D eigenvalue weighted by molar-refractivity contribution is 6.11. The first-order valence-corrected chi connectivity index (χ1v) is 30.6. The molecule has 0 radical (unpaired) electrons. The van der Waals surface area contributed by atoms with Crippen molar-refractivity contribution in [2.75, 3.05) is 0 Å². The van der Waals surface area contributed by atoms with Gasteiger partial charge in [0.2, 0.25) is 22.8 Å². The number of aromatic nitrogens is 8. The number of rotatable bonds is 8. The summed E-state index contributed by atoms with van der Waals surface area (Å²) in [7, 11) is 8.37. The second-order valence-corrected chi connectivity index (χ2v) is 22.8. The van der Waals surface area contributed by atoms with Gasteiger partial charge >= 0.3 is 24.7 Å². The number of nitrogens with one attached hydrogen (secondary N) is 2. The fourth-order valence-electron chi connectivity index (χ4n) is 10.9. The zero-order valence-electron chi connectivity index (χ0n) is 54.6. The Balaban J connectivity index is 0.000000380. The van der Waals surface area contributed by atoms with Gasteiger partial charge in [-0.3, -0.25) is 0 Å². The number of aromatic amines is 2. The molecular weight excluding hydrogens is 1380 g/mol. The number of pyridine rings is 4. The molecule has 11 aromatic rings. The number of carboxylic acid groups (broad SMARTS) is 4. The molecule has 104 heavy (non-hydrogen) atoms. The summed E-state index contributed by atoms with van der Waals surface area (Å²) in [5, 5.41) is 35.1. The van der Waals surface area contributed by atoms with Crippen molar-refractivity contribution in [2.24, 2.45) is 28.2 Å². The zero-order chi connectivity index (χ0) is 75.6. The Bertz CT molecular complexity index is 5170. The number of carbonyl (C=O) groups excluding carboxylic acids is 4. The summed E-state index contributed by atoms with van der Waals surface area (Å²) in [6.45, 7) is 0. The Morgan fingerprint density at radius 1 is 0.337 bits per heavy atom. The van der Waals surface area contributed by atoms with Gasteiger partial charge < -0.3 is 49.6 Å². The summed E-state index contributed by atoms with van der Waals surface area (Å²) in [5.74, 6) is -12.0. The van der Waals surface area contributed by atoms with E-state index in [1.54, 1.807) is 0 Å². The number of hydrogen-bond acceptors (Lipinski definition) is 10. The van der Waals surface area contributed by atoms with Crippen LogP contribution in [0.1, 0.15) is 28.3 Å². The third-order valence-electron chi connectivity index (χ3n) is 15.7. The van der Waals surface area contributed by atoms with E-state index in [-0.39, 0.29) is 0 Å². The lowest BCUT2D eigenvalue weighted by molar-refractivity contribution is -0.660. The summed E-state index contributed by atoms with van der Waals surface area (Å²) in [6, 6.07) is 71.9. The first-order chi connectivity index (χ1) is 49.0. The topological polar surface area (TPSA) is 233 Å². The average molecular weight is 1440 g/mol. The van der Waals surface area contributed by atoms with Crippen LogP contribution in [-0.4, -0.2) is 68.5 Å². The summed E-state index contributed by atoms with van der Waals surface area (Å²) >= 11 is 0. The molecule has 0 unspecified atom stereocenters. The number of fused-ring (bicyclic) bond motifs is 8. The van der Waals surface area contributed by atoms with Gasteiger partial charge in [-0.25, -0.2) is 28.2 Å². The smallest absolute Gasteiger partial charge is 0.430 e. The van der Waals surface area contributed by atoms with Gasteiger partial charge in [0.15, 0.2) is 24.8 Å². The largest absolute Gasteiger partial charge is 0.542 e. The fourth-order valence-corrected chi connectivity index (χ4v) is 10.9. The molecule has 0 amide bonds. The van der Waals surface area contributed by atoms with Crippen LogP contribution in [0.5, 0.6) is 0 Å². The quantitative estimate of drug-likeness (QED) is 0.108. The minimum Gasteiger partial charge on any atom is -0.542 e. The van der Waals surface area contributed by atoms with E-state index in [2.05, 4.69) is 300 Å². The van der Waals surface area contributed by atoms with E-state index in [0.717, 1.165) is 134 Å². The monoisotopic (exact) mass is 1430 g/mol. The van der Waals surface area contributed by atoms with Crippen LogP contribution in [0.15, 0.2) is 225 Å². The minimum atomic E-state index is -5.19. The van der Waals surface area contributed by atoms with Gasteiger partial charge in [-0.1, -0.05) is 48.5 Å². The lowest BCUT2D eigenvalue weighted by Gasteiger charge is -2.13. The van der Waals surface area contributed by atoms with Gasteiger partial charge in [0, 0.05) is 110 Å². The van der Waals surface area contributed by atoms with E-state index >= 15 is 0 Å². The lowest BCUT2D eigenvalue weighted by Crippen LogP contribution is -2.37. The van der Waals surface area contributed by atoms with Crippen molar-refractivity contribution in [3.05, 3.63) is 253 Å². The Labute approximate surface area is 582 Å². The van der Waals surface area contributed by atoms with Crippen molar-refractivity contribution in [1.29, 1.82) is 0 Å². The van der Waals surface area contributed by atoms with Gasteiger partial charge in [0.1, 0.15) is 52.1 Å². The van der Waals surface area contributed by atoms with Crippen molar-refractivity contribution in [3.63, 3.8) is 0 Å². The van der Waals surface area contributed by atoms with Crippen molar-refractivity contribution in [3.8, 4) is 78.4 Å². The van der Waals surface area contributed by atoms with Gasteiger partial charge in [-0.15, -0.1) is 0 Å². The molecule has 0 saturated heterocycles. The zero-order valence-corrected chi connectivity index (χ0v) is 54.6. The Morgan fingerprint density at radius 3 is 0.952 bits per heavy atom. The van der Waals surface area contributed by atoms with E-state index in [1.807, 2.05) is 0 Å². The number of halogens is 12. The van der Waals surface area contributed by atoms with Crippen molar-refractivity contribution in [2.45, 2.75) is 24.7 Å². The van der Waals surface area contributed by atoms with E-state index < -0.39 is 48.6 Å². The van der Waals surface area contributed by atoms with E-state index in [0.29, 0.717) is 0 Å². The number of carbonyl (C=O) groups is 4. The third kappa shape index (κ3) is 18.6. The molecule has 0 fully saturated rings. The molecule has 2 N–H and O–H groups in total. The second kappa shape index (κ2) is 31.3. The number of H-pyrrole nitrogens is 2. The van der Waals surface area contributed by atoms with Gasteiger partial charge in [0.05, 0.1) is 28.3 Å². The standard InChI is InChI=1S/C68H52N8.4C2HF3O2/c1-73-37-9-5-13-60(73)46-19-17-45(18-20-46)58-43-57-42-55-34-33-53(69-55)41-54-35-36-56(70-54)44-59-64(50-27-21-47(22-28-50)61-14-6-10-38-74(61)2)65(51-29-23-48(24-30-51)62-15-7-11-39-75(62)3)68(72-59)66(67(58)71-57)52-31-25-49(26-32-52)63-16-8-12-40-76(63)4;4*3-2(4,5)1(6)7/h5-44H,1-4H3;4*(H,6,7)/q+2;;;;/p-2. The fraction of sp³-hybridized carbons (Fsp3) is 0.105. The van der Waals surface area contributed by atoms with Crippen molar-refractivity contribution in [1.82, 2.24) is 19.9 Å². The van der Waals surface area contributed by atoms with Gasteiger partial charge in [0.25, 0.3) is 0 Å². The predicted molar refractivity (Wildman–Crippen MR) is 350 cm³/mol. The van der Waals surface area contributed by atoms with Crippen LogP contribution in [0.25, 0.3) is 124 Å². The predicted octanol–water partition coefficient (Wildman–Crippen LogP) is 10.2. The molecule has 2 aliphatic rings. The van der Waals surface area contributed by atoms with E-state index in [4.69, 9.17) is 49.6 Å². The summed E-state index contributed by atoms with van der Waals surface area (Å²) in [5.41, 5.74) is 24.6. The Kier molecular flexibility index (Phi) is 22.7. The number of benzene rings is 4. The van der Waals surface area contributed by atoms with Crippen LogP contribution in [0, 0.1) is 0 Å². The molecule has 9 heterocycles. The molecule has 530 valence electrons. The first-order valence-electron chi connectivity index (χ1n) is 30.6. The molecule has 28 heteroatoms. The van der Waals surface area contributed by atoms with Crippen LogP contribution in [0.4, 0.5) is 52.7 Å². The maximum Gasteiger partial charge on any atom is 0.430 e. The molecule has 0 aliphatic carbocycles. The highest BCUT2D eigenvalue weighted by atomic mass is 19.4. The SMILES string of the molecule is C[n+]1ccccc1-c1ccc(C2=Cc3cc4ccc(cc5nc(cc6[nH]c(c(-c7ccc(-c8cccc[n+]8C)cc7)c2n3)c(-c2ccc(-c3cccc[n+]3C)cc2)c6-c2ccc(-c3cccc[n+]3C)cc2)C=C5)[nH]4)cc1.O=C([O-])C(F)(F)F.O=C([O-])C(F)(F)F.O=C([O-])C(F)(F)F.O=C([O-])C(F)(F)F. The van der Waals surface area contributed by atoms with Crippen LogP contribution in [-0.2, 0) is 47.4 Å². The molecule has 7 aromatic heterocycles. The molecule has 8 bridgehead atoms. The normalized spacial score (nSPS) is 11.8. The molecule has 13 rings (SSSR count). The van der Waals surface area contributed by atoms with Crippen molar-refractivity contribution < 1.29 is 111 Å². The Hall–Kier alpha value is -12.9. The summed E-state index contributed by atoms with van der Waals surface area (Å²) in [6.07, 6.45) is -5.97. The molecular formula is C76H54F12N8O8. The number of alkyl halides is 12. The number of carboxylic acids is 4. The summed E-state index contributed by atoms with van der Waals surface area (Å²) < 4.78 is 135. The van der Waals surface area contributed by atoms with Crippen LogP contribution in [0.2, 0.25) is 0 Å². The maximum atomic E-state index is 10.5. The third-order valence-corrected chi connectivity index (χ3v) is 15.7. The maximum absolute atomic E-state index is 10.5. The van der Waals surface area contributed by atoms with Gasteiger partial charge in [-0.2, -0.15) is 52.7 Å². The van der Waals surface area contributed by atoms with Crippen LogP contribution < -0.4 is 38.7 Å². The number of hydrogen-bond donors (Lipinski definition) is 2. The minimum absolute atomic E-state index is 0.841. The number of nitrogens with zero attached hydrogens (tertiary/aromatic N) is 6. The average Bonchev–Trinajstić information content (AvgIpc) is 1.57. The molecule has 0 atom stereocenters. The van der Waals surface area contributed by atoms with E-state index in [1.165, 1.54) is 0 Å². The van der Waals surface area contributed by atoms with Crippen molar-refractivity contribution >= 4 is 69.7 Å². The highest BCUT2D eigenvalue weighted by Gasteiger charge is 2.32. The van der Waals surface area contributed by atoms with Crippen LogP contribution in [0.3, 0.4) is 0 Å². The first kappa shape index (κ1) is 75.3. The second-order valence-electron chi connectivity index (χ2n) is 22.8. The molecule has 16 nitrogen and oxygen atoms in total. The molecule has 0 spiro atoms. The van der Waals surface area contributed by atoms with Gasteiger partial charge in [-0.05, 0) is 144 Å². The van der Waals surface area contributed by atoms with E-state index in [9.17, 15) is 52.7 Å². The highest BCUT2D eigenvalue weighted by Crippen LogP contribution is 2.47. The lowest BCUT2D eigenvalue weighted by atomic mass is 9.90. The number of aryl methyl sites for hydroxylation is 4. The molecule has 4 aromatic carbocycles.